The lowest BCUT2D eigenvalue weighted by atomic mass is 10.2. The van der Waals surface area contributed by atoms with Crippen molar-refractivity contribution in [3.05, 3.63) is 42.0 Å². The molecule has 1 heterocycles. The molecule has 0 bridgehead atoms. The van der Waals surface area contributed by atoms with E-state index in [1.807, 2.05) is 31.0 Å². The van der Waals surface area contributed by atoms with Crippen LogP contribution >= 0.6 is 0 Å². The van der Waals surface area contributed by atoms with E-state index >= 15 is 0 Å². The smallest absolute Gasteiger partial charge is 0.239 e. The molecule has 0 aliphatic rings. The molecule has 0 amide bonds. The van der Waals surface area contributed by atoms with E-state index in [1.54, 1.807) is 0 Å². The molecule has 2 aromatic rings. The first-order chi connectivity index (χ1) is 9.11. The van der Waals surface area contributed by atoms with Gasteiger partial charge in [-0.05, 0) is 38.1 Å². The molecule has 100 valence electrons. The Morgan fingerprint density at radius 3 is 2.47 bits per heavy atom. The van der Waals surface area contributed by atoms with E-state index in [0.717, 1.165) is 11.5 Å². The topological polar surface area (TPSA) is 51.4 Å². The van der Waals surface area contributed by atoms with Crippen LogP contribution in [-0.2, 0) is 0 Å². The number of pyridine rings is 1. The molecule has 19 heavy (non-hydrogen) atoms. The van der Waals surface area contributed by atoms with Crippen LogP contribution in [0.3, 0.4) is 0 Å². The van der Waals surface area contributed by atoms with Crippen LogP contribution in [0.5, 0.6) is 5.88 Å². The minimum absolute atomic E-state index is 0.485. The molecule has 0 fully saturated rings. The van der Waals surface area contributed by atoms with Crippen LogP contribution in [0.15, 0.2) is 36.4 Å². The zero-order valence-corrected chi connectivity index (χ0v) is 11.6. The van der Waals surface area contributed by atoms with E-state index in [4.69, 9.17) is 10.5 Å². The van der Waals surface area contributed by atoms with Gasteiger partial charge in [-0.2, -0.15) is 4.98 Å². The average Bonchev–Trinajstić information content (AvgIpc) is 2.41. The molecule has 0 unspecified atom stereocenters. The molecule has 0 atom stereocenters. The maximum atomic E-state index is 5.83. The number of nitrogen functional groups attached to an aromatic ring is 1. The van der Waals surface area contributed by atoms with Gasteiger partial charge < -0.3 is 15.4 Å². The summed E-state index contributed by atoms with van der Waals surface area (Å²) in [5.74, 6) is 1.29. The summed E-state index contributed by atoms with van der Waals surface area (Å²) in [4.78, 5) is 6.44. The maximum absolute atomic E-state index is 5.83. The zero-order valence-electron chi connectivity index (χ0n) is 11.6. The third kappa shape index (κ3) is 2.96. The summed E-state index contributed by atoms with van der Waals surface area (Å²) in [5.41, 5.74) is 8.69. The summed E-state index contributed by atoms with van der Waals surface area (Å²) < 4.78 is 5.42. The normalized spacial score (nSPS) is 10.3. The molecule has 2 N–H and O–H groups in total. The summed E-state index contributed by atoms with van der Waals surface area (Å²) >= 11 is 0. The second kappa shape index (κ2) is 5.61. The van der Waals surface area contributed by atoms with E-state index in [1.165, 1.54) is 5.56 Å². The minimum atomic E-state index is 0.485. The first kappa shape index (κ1) is 13.2. The fourth-order valence-corrected chi connectivity index (χ4v) is 1.78. The number of hydrogen-bond donors (Lipinski definition) is 1. The van der Waals surface area contributed by atoms with Gasteiger partial charge in [0.05, 0.1) is 12.3 Å². The molecule has 4 heteroatoms. The van der Waals surface area contributed by atoms with Gasteiger partial charge in [0.1, 0.15) is 5.82 Å². The van der Waals surface area contributed by atoms with Crippen molar-refractivity contribution in [1.29, 1.82) is 0 Å². The van der Waals surface area contributed by atoms with Gasteiger partial charge in [-0.3, -0.25) is 0 Å². The van der Waals surface area contributed by atoms with E-state index < -0.39 is 0 Å². The molecular weight excluding hydrogens is 238 g/mol. The lowest BCUT2D eigenvalue weighted by molar-refractivity contribution is 0.329. The van der Waals surface area contributed by atoms with Crippen LogP contribution in [0.1, 0.15) is 12.5 Å². The Morgan fingerprint density at radius 2 is 1.84 bits per heavy atom. The summed E-state index contributed by atoms with van der Waals surface area (Å²) in [6.07, 6.45) is 0. The van der Waals surface area contributed by atoms with Crippen LogP contribution in [0.25, 0.3) is 0 Å². The van der Waals surface area contributed by atoms with Crippen molar-refractivity contribution in [2.24, 2.45) is 0 Å². The van der Waals surface area contributed by atoms with E-state index in [0.29, 0.717) is 18.2 Å². The maximum Gasteiger partial charge on any atom is 0.239 e. The van der Waals surface area contributed by atoms with Crippen molar-refractivity contribution in [2.45, 2.75) is 13.8 Å². The van der Waals surface area contributed by atoms with Gasteiger partial charge in [0, 0.05) is 12.7 Å². The Kier molecular flexibility index (Phi) is 3.90. The number of aryl methyl sites for hydroxylation is 1. The molecule has 1 aromatic carbocycles. The van der Waals surface area contributed by atoms with Crippen molar-refractivity contribution < 1.29 is 4.74 Å². The Morgan fingerprint density at radius 1 is 1.16 bits per heavy atom. The van der Waals surface area contributed by atoms with E-state index in [2.05, 4.69) is 36.2 Å². The lowest BCUT2D eigenvalue weighted by Crippen LogP contribution is -2.12. The molecular formula is C15H19N3O. The van der Waals surface area contributed by atoms with Gasteiger partial charge in [-0.25, -0.2) is 0 Å². The SMILES string of the molecule is CCOc1nc(N(C)c2ccc(C)cc2)ccc1N. The fourth-order valence-electron chi connectivity index (χ4n) is 1.78. The minimum Gasteiger partial charge on any atom is -0.476 e. The van der Waals surface area contributed by atoms with E-state index in [-0.39, 0.29) is 0 Å². The molecule has 2 rings (SSSR count). The Hall–Kier alpha value is -2.23. The Bertz CT molecular complexity index is 552. The second-order valence-electron chi connectivity index (χ2n) is 4.39. The highest BCUT2D eigenvalue weighted by Crippen LogP contribution is 2.27. The first-order valence-electron chi connectivity index (χ1n) is 6.31. The highest BCUT2D eigenvalue weighted by atomic mass is 16.5. The van der Waals surface area contributed by atoms with Crippen molar-refractivity contribution in [2.75, 3.05) is 24.3 Å². The number of rotatable bonds is 4. The summed E-state index contributed by atoms with van der Waals surface area (Å²) in [6, 6.07) is 12.0. The predicted molar refractivity (Wildman–Crippen MR) is 79.1 cm³/mol. The molecule has 0 spiro atoms. The van der Waals surface area contributed by atoms with Crippen molar-refractivity contribution >= 4 is 17.2 Å². The molecule has 0 saturated carbocycles. The zero-order chi connectivity index (χ0) is 13.8. The molecule has 1 aromatic heterocycles. The molecule has 0 radical (unpaired) electrons. The number of benzene rings is 1. The quantitative estimate of drug-likeness (QED) is 0.914. The highest BCUT2D eigenvalue weighted by Gasteiger charge is 2.09. The molecule has 4 nitrogen and oxygen atoms in total. The third-order valence-electron chi connectivity index (χ3n) is 2.92. The summed E-state index contributed by atoms with van der Waals surface area (Å²) in [6.45, 7) is 4.53. The summed E-state index contributed by atoms with van der Waals surface area (Å²) in [7, 11) is 1.97. The largest absolute Gasteiger partial charge is 0.476 e. The number of hydrogen-bond acceptors (Lipinski definition) is 4. The third-order valence-corrected chi connectivity index (χ3v) is 2.92. The van der Waals surface area contributed by atoms with Crippen LogP contribution in [0.2, 0.25) is 0 Å². The first-order valence-corrected chi connectivity index (χ1v) is 6.31. The molecule has 0 saturated heterocycles. The highest BCUT2D eigenvalue weighted by molar-refractivity contribution is 5.63. The van der Waals surface area contributed by atoms with Crippen molar-refractivity contribution in [1.82, 2.24) is 4.98 Å². The van der Waals surface area contributed by atoms with E-state index in [9.17, 15) is 0 Å². The van der Waals surface area contributed by atoms with Gasteiger partial charge in [-0.1, -0.05) is 17.7 Å². The van der Waals surface area contributed by atoms with Gasteiger partial charge >= 0.3 is 0 Å². The molecule has 0 aliphatic carbocycles. The summed E-state index contributed by atoms with van der Waals surface area (Å²) in [5, 5.41) is 0. The van der Waals surface area contributed by atoms with Gasteiger partial charge in [0.2, 0.25) is 5.88 Å². The van der Waals surface area contributed by atoms with Crippen LogP contribution in [0, 0.1) is 6.92 Å². The number of nitrogens with two attached hydrogens (primary N) is 1. The van der Waals surface area contributed by atoms with Gasteiger partial charge in [0.25, 0.3) is 0 Å². The van der Waals surface area contributed by atoms with Crippen molar-refractivity contribution in [3.63, 3.8) is 0 Å². The van der Waals surface area contributed by atoms with Crippen LogP contribution < -0.4 is 15.4 Å². The number of aromatic nitrogens is 1. The Labute approximate surface area is 113 Å². The van der Waals surface area contributed by atoms with Crippen LogP contribution in [0.4, 0.5) is 17.2 Å². The fraction of sp³-hybridized carbons (Fsp3) is 0.267. The van der Waals surface area contributed by atoms with Gasteiger partial charge in [0.15, 0.2) is 0 Å². The monoisotopic (exact) mass is 257 g/mol. The number of anilines is 3. The van der Waals surface area contributed by atoms with Crippen LogP contribution in [-0.4, -0.2) is 18.6 Å². The Balaban J connectivity index is 2.30. The van der Waals surface area contributed by atoms with Crippen molar-refractivity contribution in [3.8, 4) is 5.88 Å². The number of ether oxygens (including phenoxy) is 1. The molecule has 0 aliphatic heterocycles. The lowest BCUT2D eigenvalue weighted by Gasteiger charge is -2.19. The standard InChI is InChI=1S/C15H19N3O/c1-4-19-15-13(16)9-10-14(17-15)18(3)12-7-5-11(2)6-8-12/h5-10H,4,16H2,1-3H3. The predicted octanol–water partition coefficient (Wildman–Crippen LogP) is 3.14. The number of nitrogens with zero attached hydrogens (tertiary/aromatic N) is 2. The van der Waals surface area contributed by atoms with Gasteiger partial charge in [-0.15, -0.1) is 0 Å². The average molecular weight is 257 g/mol. The second-order valence-corrected chi connectivity index (χ2v) is 4.39.